The largest absolute Gasteiger partial charge is 0.338 e. The molecule has 9 heteroatoms. The lowest BCUT2D eigenvalue weighted by molar-refractivity contribution is 0.0709. The first-order valence-electron chi connectivity index (χ1n) is 11.9. The molecule has 6 rings (SSSR count). The third-order valence-electron chi connectivity index (χ3n) is 6.84. The van der Waals surface area contributed by atoms with Crippen molar-refractivity contribution in [1.29, 1.82) is 0 Å². The Hall–Kier alpha value is -4.27. The van der Waals surface area contributed by atoms with E-state index in [-0.39, 0.29) is 11.8 Å². The number of carbonyl (C=O) groups is 1. The number of benzene rings is 2. The Bertz CT molecular complexity index is 1470. The third kappa shape index (κ3) is 3.88. The van der Waals surface area contributed by atoms with Gasteiger partial charge in [0.2, 0.25) is 0 Å². The van der Waals surface area contributed by atoms with Crippen LogP contribution in [0.25, 0.3) is 16.7 Å². The van der Waals surface area contributed by atoms with Gasteiger partial charge >= 0.3 is 0 Å². The first-order valence-corrected chi connectivity index (χ1v) is 11.9. The molecular weight excluding hydrogens is 440 g/mol. The van der Waals surface area contributed by atoms with Crippen LogP contribution in [0.15, 0.2) is 73.2 Å². The van der Waals surface area contributed by atoms with Crippen molar-refractivity contribution in [3.8, 4) is 5.69 Å². The van der Waals surface area contributed by atoms with Crippen LogP contribution >= 0.6 is 0 Å². The number of para-hydroxylation sites is 2. The summed E-state index contributed by atoms with van der Waals surface area (Å²) in [6.07, 6.45) is 7.25. The van der Waals surface area contributed by atoms with Gasteiger partial charge in [-0.2, -0.15) is 5.10 Å². The second-order valence-corrected chi connectivity index (χ2v) is 8.93. The minimum Gasteiger partial charge on any atom is -0.338 e. The van der Waals surface area contributed by atoms with Crippen LogP contribution in [0.1, 0.15) is 40.6 Å². The molecule has 1 amide bonds. The molecule has 2 aromatic carbocycles. The summed E-state index contributed by atoms with van der Waals surface area (Å²) in [4.78, 5) is 19.9. The van der Waals surface area contributed by atoms with Crippen molar-refractivity contribution >= 4 is 16.9 Å². The van der Waals surface area contributed by atoms with E-state index in [9.17, 15) is 4.79 Å². The molecule has 0 N–H and O–H groups in total. The first-order chi connectivity index (χ1) is 17.2. The van der Waals surface area contributed by atoms with Crippen molar-refractivity contribution in [2.24, 2.45) is 0 Å². The maximum Gasteiger partial charge on any atom is 0.257 e. The molecule has 0 atom stereocenters. The van der Waals surface area contributed by atoms with E-state index in [0.717, 1.165) is 41.1 Å². The lowest BCUT2D eigenvalue weighted by atomic mass is 9.95. The Morgan fingerprint density at radius 1 is 1.03 bits per heavy atom. The third-order valence-corrected chi connectivity index (χ3v) is 6.84. The number of aromatic nitrogens is 7. The van der Waals surface area contributed by atoms with Gasteiger partial charge in [0.1, 0.15) is 18.0 Å². The van der Waals surface area contributed by atoms with E-state index in [4.69, 9.17) is 0 Å². The highest BCUT2D eigenvalue weighted by Gasteiger charge is 2.29. The second kappa shape index (κ2) is 8.83. The summed E-state index contributed by atoms with van der Waals surface area (Å²) in [5, 5.41) is 13.0. The van der Waals surface area contributed by atoms with Gasteiger partial charge in [-0.25, -0.2) is 14.3 Å². The van der Waals surface area contributed by atoms with Gasteiger partial charge in [0.15, 0.2) is 0 Å². The summed E-state index contributed by atoms with van der Waals surface area (Å²) in [6, 6.07) is 17.8. The van der Waals surface area contributed by atoms with Crippen molar-refractivity contribution in [1.82, 2.24) is 39.2 Å². The van der Waals surface area contributed by atoms with Gasteiger partial charge in [-0.15, -0.1) is 5.10 Å². The standard InChI is InChI=1S/C26H26N8O/c1-19-22(17-28-34(19)21-7-3-2-4-8-21)26(35)31-14-11-20(12-15-31)25-27-13-16-32(25)18-33-24-10-6-5-9-23(24)29-30-33/h2-10,13,16-17,20H,11-12,14-15,18H2,1H3. The van der Waals surface area contributed by atoms with Gasteiger partial charge in [0.25, 0.3) is 5.91 Å². The summed E-state index contributed by atoms with van der Waals surface area (Å²) in [6.45, 7) is 3.90. The van der Waals surface area contributed by atoms with Gasteiger partial charge < -0.3 is 9.47 Å². The average molecular weight is 467 g/mol. The van der Waals surface area contributed by atoms with Gasteiger partial charge in [-0.05, 0) is 44.0 Å². The van der Waals surface area contributed by atoms with Crippen LogP contribution in [-0.4, -0.2) is 58.2 Å². The van der Waals surface area contributed by atoms with Crippen molar-refractivity contribution < 1.29 is 4.79 Å². The Balaban J connectivity index is 1.14. The molecule has 5 aromatic rings. The maximum absolute atomic E-state index is 13.3. The zero-order chi connectivity index (χ0) is 23.8. The van der Waals surface area contributed by atoms with Gasteiger partial charge in [-0.3, -0.25) is 4.79 Å². The van der Waals surface area contributed by atoms with Crippen molar-refractivity contribution in [3.63, 3.8) is 0 Å². The molecule has 0 radical (unpaired) electrons. The lowest BCUT2D eigenvalue weighted by Crippen LogP contribution is -2.38. The summed E-state index contributed by atoms with van der Waals surface area (Å²) >= 11 is 0. The molecule has 9 nitrogen and oxygen atoms in total. The number of amides is 1. The van der Waals surface area contributed by atoms with Crippen LogP contribution in [0.3, 0.4) is 0 Å². The quantitative estimate of drug-likeness (QED) is 0.395. The molecule has 35 heavy (non-hydrogen) atoms. The highest BCUT2D eigenvalue weighted by Crippen LogP contribution is 2.28. The Morgan fingerprint density at radius 3 is 2.63 bits per heavy atom. The molecule has 3 aromatic heterocycles. The van der Waals surface area contributed by atoms with E-state index < -0.39 is 0 Å². The molecule has 1 aliphatic rings. The van der Waals surface area contributed by atoms with Gasteiger partial charge in [-0.1, -0.05) is 35.5 Å². The summed E-state index contributed by atoms with van der Waals surface area (Å²) in [5.74, 6) is 1.36. The fraction of sp³-hybridized carbons (Fsp3) is 0.269. The molecule has 0 spiro atoms. The fourth-order valence-electron chi connectivity index (χ4n) is 4.93. The number of imidazole rings is 1. The first kappa shape index (κ1) is 21.3. The van der Waals surface area contributed by atoms with Crippen LogP contribution in [0.2, 0.25) is 0 Å². The summed E-state index contributed by atoms with van der Waals surface area (Å²) < 4.78 is 5.86. The van der Waals surface area contributed by atoms with E-state index in [1.807, 2.05) is 88.2 Å². The normalized spacial score (nSPS) is 14.6. The average Bonchev–Trinajstić information content (AvgIpc) is 3.64. The highest BCUT2D eigenvalue weighted by atomic mass is 16.2. The van der Waals surface area contributed by atoms with Crippen molar-refractivity contribution in [2.75, 3.05) is 13.1 Å². The van der Waals surface area contributed by atoms with Crippen LogP contribution in [0.4, 0.5) is 0 Å². The minimum atomic E-state index is 0.0422. The molecule has 176 valence electrons. The summed E-state index contributed by atoms with van der Waals surface area (Å²) in [7, 11) is 0. The number of hydrogen-bond donors (Lipinski definition) is 0. The predicted molar refractivity (Wildman–Crippen MR) is 131 cm³/mol. The number of nitrogens with zero attached hydrogens (tertiary/aromatic N) is 8. The SMILES string of the molecule is Cc1c(C(=O)N2CCC(c3nccn3Cn3nnc4ccccc43)CC2)cnn1-c1ccccc1. The monoisotopic (exact) mass is 466 g/mol. The summed E-state index contributed by atoms with van der Waals surface area (Å²) in [5.41, 5.74) is 4.35. The fourth-order valence-corrected chi connectivity index (χ4v) is 4.93. The molecule has 1 aliphatic heterocycles. The van der Waals surface area contributed by atoms with Crippen molar-refractivity contribution in [3.05, 3.63) is 90.3 Å². The van der Waals surface area contributed by atoms with Crippen LogP contribution in [-0.2, 0) is 6.67 Å². The van der Waals surface area contributed by atoms with Gasteiger partial charge in [0, 0.05) is 31.4 Å². The molecular formula is C26H26N8O. The number of piperidine rings is 1. The molecule has 0 unspecified atom stereocenters. The van der Waals surface area contributed by atoms with E-state index in [2.05, 4.69) is 25.0 Å². The number of carbonyl (C=O) groups excluding carboxylic acids is 1. The van der Waals surface area contributed by atoms with Crippen LogP contribution < -0.4 is 0 Å². The van der Waals surface area contributed by atoms with Crippen LogP contribution in [0, 0.1) is 6.92 Å². The molecule has 0 aliphatic carbocycles. The minimum absolute atomic E-state index is 0.0422. The number of hydrogen-bond acceptors (Lipinski definition) is 5. The number of rotatable bonds is 5. The zero-order valence-corrected chi connectivity index (χ0v) is 19.5. The van der Waals surface area contributed by atoms with E-state index >= 15 is 0 Å². The number of likely N-dealkylation sites (tertiary alicyclic amines) is 1. The van der Waals surface area contributed by atoms with Crippen LogP contribution in [0.5, 0.6) is 0 Å². The topological polar surface area (TPSA) is 86.7 Å². The highest BCUT2D eigenvalue weighted by molar-refractivity contribution is 5.95. The van der Waals surface area contributed by atoms with E-state index in [1.165, 1.54) is 0 Å². The molecule has 0 saturated carbocycles. The predicted octanol–water partition coefficient (Wildman–Crippen LogP) is 3.65. The second-order valence-electron chi connectivity index (χ2n) is 8.93. The Labute approximate surface area is 202 Å². The van der Waals surface area contributed by atoms with E-state index in [1.54, 1.807) is 6.20 Å². The van der Waals surface area contributed by atoms with Crippen molar-refractivity contribution in [2.45, 2.75) is 32.4 Å². The zero-order valence-electron chi connectivity index (χ0n) is 19.5. The Kier molecular flexibility index (Phi) is 5.36. The molecule has 1 saturated heterocycles. The molecule has 4 heterocycles. The Morgan fingerprint density at radius 2 is 1.80 bits per heavy atom. The van der Waals surface area contributed by atoms with E-state index in [0.29, 0.717) is 25.3 Å². The molecule has 0 bridgehead atoms. The smallest absolute Gasteiger partial charge is 0.257 e. The lowest BCUT2D eigenvalue weighted by Gasteiger charge is -2.32. The molecule has 1 fully saturated rings. The number of fused-ring (bicyclic) bond motifs is 1. The maximum atomic E-state index is 13.3. The van der Waals surface area contributed by atoms with Gasteiger partial charge in [0.05, 0.1) is 28.7 Å².